The van der Waals surface area contributed by atoms with Crippen LogP contribution in [0.1, 0.15) is 34.1 Å². The first-order valence-electron chi connectivity index (χ1n) is 8.45. The fraction of sp³-hybridized carbons (Fsp3) is 0.611. The zero-order valence-corrected chi connectivity index (χ0v) is 14.9. The molecule has 2 rings (SSSR count). The van der Waals surface area contributed by atoms with Gasteiger partial charge in [-0.25, -0.2) is 4.79 Å². The van der Waals surface area contributed by atoms with Gasteiger partial charge in [-0.1, -0.05) is 6.92 Å². The van der Waals surface area contributed by atoms with Crippen molar-refractivity contribution in [2.75, 3.05) is 30.4 Å². The van der Waals surface area contributed by atoms with Crippen molar-refractivity contribution in [3.05, 3.63) is 24.3 Å². The average molecular weight is 319 g/mol. The van der Waals surface area contributed by atoms with Crippen LogP contribution in [0.15, 0.2) is 24.3 Å². The lowest BCUT2D eigenvalue weighted by Crippen LogP contribution is -2.45. The first-order chi connectivity index (χ1) is 10.9. The first-order valence-corrected chi connectivity index (χ1v) is 8.45. The van der Waals surface area contributed by atoms with Crippen molar-refractivity contribution in [3.8, 4) is 0 Å². The second-order valence-corrected chi connectivity index (χ2v) is 6.51. The van der Waals surface area contributed by atoms with E-state index in [0.29, 0.717) is 0 Å². The molecule has 0 bridgehead atoms. The van der Waals surface area contributed by atoms with E-state index in [9.17, 15) is 4.79 Å². The summed E-state index contributed by atoms with van der Waals surface area (Å²) in [5, 5.41) is 2.95. The van der Waals surface area contributed by atoms with Gasteiger partial charge in [-0.15, -0.1) is 0 Å². The van der Waals surface area contributed by atoms with Gasteiger partial charge in [0.1, 0.15) is 0 Å². The molecule has 1 aliphatic rings. The van der Waals surface area contributed by atoms with Crippen LogP contribution in [0.2, 0.25) is 0 Å². The Morgan fingerprint density at radius 3 is 2.39 bits per heavy atom. The molecule has 0 aromatic heterocycles. The van der Waals surface area contributed by atoms with Crippen LogP contribution in [0, 0.1) is 0 Å². The van der Waals surface area contributed by atoms with Gasteiger partial charge in [-0.3, -0.25) is 0 Å². The summed E-state index contributed by atoms with van der Waals surface area (Å²) < 4.78 is 5.77. The molecule has 3 atom stereocenters. The van der Waals surface area contributed by atoms with Crippen molar-refractivity contribution in [1.82, 2.24) is 4.90 Å². The molecule has 5 heteroatoms. The number of amides is 2. The van der Waals surface area contributed by atoms with E-state index in [0.717, 1.165) is 25.2 Å². The molecule has 1 aromatic rings. The Labute approximate surface area is 139 Å². The van der Waals surface area contributed by atoms with Crippen LogP contribution in [-0.2, 0) is 4.74 Å². The quantitative estimate of drug-likeness (QED) is 0.923. The molecule has 1 fully saturated rings. The fourth-order valence-electron chi connectivity index (χ4n) is 2.83. The Hall–Kier alpha value is -1.75. The molecule has 128 valence electrons. The molecule has 0 spiro atoms. The van der Waals surface area contributed by atoms with Gasteiger partial charge in [-0.05, 0) is 51.5 Å². The third-order valence-electron chi connectivity index (χ3n) is 4.48. The number of rotatable bonds is 4. The number of benzene rings is 1. The van der Waals surface area contributed by atoms with Gasteiger partial charge in [0, 0.05) is 37.6 Å². The Morgan fingerprint density at radius 1 is 1.30 bits per heavy atom. The fourth-order valence-corrected chi connectivity index (χ4v) is 2.83. The number of urea groups is 1. The Bertz CT molecular complexity index is 508. The number of anilines is 2. The molecule has 1 aromatic carbocycles. The van der Waals surface area contributed by atoms with E-state index in [1.54, 1.807) is 4.90 Å². The highest BCUT2D eigenvalue weighted by Gasteiger charge is 2.22. The SMILES string of the molecule is CC[C@@H](C)N(C)C(=O)Nc1ccc(N2C[C@@H](C)O[C@@H](C)C2)cc1. The van der Waals surface area contributed by atoms with Gasteiger partial charge < -0.3 is 19.9 Å². The largest absolute Gasteiger partial charge is 0.372 e. The summed E-state index contributed by atoms with van der Waals surface area (Å²) >= 11 is 0. The minimum atomic E-state index is -0.0688. The van der Waals surface area contributed by atoms with E-state index >= 15 is 0 Å². The average Bonchev–Trinajstić information content (AvgIpc) is 2.53. The Kier molecular flexibility index (Phi) is 5.88. The first kappa shape index (κ1) is 17.6. The van der Waals surface area contributed by atoms with Crippen LogP contribution < -0.4 is 10.2 Å². The van der Waals surface area contributed by atoms with Crippen LogP contribution in [0.25, 0.3) is 0 Å². The number of hydrogen-bond donors (Lipinski definition) is 1. The lowest BCUT2D eigenvalue weighted by Gasteiger charge is -2.36. The van der Waals surface area contributed by atoms with E-state index in [-0.39, 0.29) is 24.3 Å². The van der Waals surface area contributed by atoms with Crippen LogP contribution in [0.3, 0.4) is 0 Å². The topological polar surface area (TPSA) is 44.8 Å². The van der Waals surface area contributed by atoms with Gasteiger partial charge in [0.05, 0.1) is 12.2 Å². The van der Waals surface area contributed by atoms with Gasteiger partial charge >= 0.3 is 6.03 Å². The number of morpholine rings is 1. The zero-order chi connectivity index (χ0) is 17.0. The zero-order valence-electron chi connectivity index (χ0n) is 14.9. The number of carbonyl (C=O) groups is 1. The Morgan fingerprint density at radius 2 is 1.87 bits per heavy atom. The summed E-state index contributed by atoms with van der Waals surface area (Å²) in [7, 11) is 1.83. The van der Waals surface area contributed by atoms with Crippen LogP contribution >= 0.6 is 0 Å². The lowest BCUT2D eigenvalue weighted by molar-refractivity contribution is -0.00521. The van der Waals surface area contributed by atoms with Crippen molar-refractivity contribution in [3.63, 3.8) is 0 Å². The smallest absolute Gasteiger partial charge is 0.321 e. The highest BCUT2D eigenvalue weighted by molar-refractivity contribution is 5.89. The number of hydrogen-bond acceptors (Lipinski definition) is 3. The standard InChI is InChI=1S/C18H29N3O2/c1-6-13(2)20(5)18(22)19-16-7-9-17(10-8-16)21-11-14(3)23-15(4)12-21/h7-10,13-15H,6,11-12H2,1-5H3,(H,19,22)/t13-,14-,15+/m1/s1. The van der Waals surface area contributed by atoms with Crippen molar-refractivity contribution in [2.24, 2.45) is 0 Å². The minimum absolute atomic E-state index is 0.0688. The van der Waals surface area contributed by atoms with Crippen molar-refractivity contribution in [2.45, 2.75) is 52.4 Å². The molecule has 23 heavy (non-hydrogen) atoms. The molecule has 1 aliphatic heterocycles. The van der Waals surface area contributed by atoms with Crippen LogP contribution in [-0.4, -0.2) is 49.3 Å². The predicted molar refractivity (Wildman–Crippen MR) is 95.2 cm³/mol. The Balaban J connectivity index is 1.98. The molecule has 0 radical (unpaired) electrons. The normalized spacial score (nSPS) is 22.6. The van der Waals surface area contributed by atoms with Crippen LogP contribution in [0.5, 0.6) is 0 Å². The summed E-state index contributed by atoms with van der Waals surface area (Å²) in [6.07, 6.45) is 1.42. The monoisotopic (exact) mass is 319 g/mol. The predicted octanol–water partition coefficient (Wildman–Crippen LogP) is 3.56. The molecule has 0 unspecified atom stereocenters. The van der Waals surface area contributed by atoms with Crippen LogP contribution in [0.4, 0.5) is 16.2 Å². The molecule has 0 saturated carbocycles. The highest BCUT2D eigenvalue weighted by atomic mass is 16.5. The van der Waals surface area contributed by atoms with E-state index in [4.69, 9.17) is 4.74 Å². The van der Waals surface area contributed by atoms with Crippen molar-refractivity contribution in [1.29, 1.82) is 0 Å². The summed E-state index contributed by atoms with van der Waals surface area (Å²) in [5.74, 6) is 0. The number of nitrogens with zero attached hydrogens (tertiary/aromatic N) is 2. The molecule has 0 aliphatic carbocycles. The molecule has 1 heterocycles. The summed E-state index contributed by atoms with van der Waals surface area (Å²) in [4.78, 5) is 16.2. The van der Waals surface area contributed by atoms with Gasteiger partial charge in [-0.2, -0.15) is 0 Å². The van der Waals surface area contributed by atoms with Gasteiger partial charge in [0.2, 0.25) is 0 Å². The summed E-state index contributed by atoms with van der Waals surface area (Å²) in [5.41, 5.74) is 1.99. The van der Waals surface area contributed by atoms with Gasteiger partial charge in [0.15, 0.2) is 0 Å². The van der Waals surface area contributed by atoms with Crippen molar-refractivity contribution < 1.29 is 9.53 Å². The molecule has 1 N–H and O–H groups in total. The molecule has 2 amide bonds. The van der Waals surface area contributed by atoms with E-state index < -0.39 is 0 Å². The van der Waals surface area contributed by atoms with E-state index in [1.807, 2.05) is 26.1 Å². The third kappa shape index (κ3) is 4.61. The number of nitrogens with one attached hydrogen (secondary N) is 1. The maximum Gasteiger partial charge on any atom is 0.321 e. The summed E-state index contributed by atoms with van der Waals surface area (Å²) in [6, 6.07) is 8.20. The lowest BCUT2D eigenvalue weighted by atomic mass is 10.2. The maximum atomic E-state index is 12.2. The van der Waals surface area contributed by atoms with Crippen molar-refractivity contribution >= 4 is 17.4 Å². The third-order valence-corrected chi connectivity index (χ3v) is 4.48. The second-order valence-electron chi connectivity index (χ2n) is 6.51. The minimum Gasteiger partial charge on any atom is -0.372 e. The number of carbonyl (C=O) groups excluding carboxylic acids is 1. The maximum absolute atomic E-state index is 12.2. The number of ether oxygens (including phenoxy) is 1. The van der Waals surface area contributed by atoms with Gasteiger partial charge in [0.25, 0.3) is 0 Å². The summed E-state index contributed by atoms with van der Waals surface area (Å²) in [6.45, 7) is 10.1. The second kappa shape index (κ2) is 7.68. The highest BCUT2D eigenvalue weighted by Crippen LogP contribution is 2.22. The molecule has 5 nitrogen and oxygen atoms in total. The molecular formula is C18H29N3O2. The molecular weight excluding hydrogens is 290 g/mol. The van der Waals surface area contributed by atoms with E-state index in [2.05, 4.69) is 43.1 Å². The molecule has 1 saturated heterocycles. The van der Waals surface area contributed by atoms with E-state index in [1.165, 1.54) is 5.69 Å².